The quantitative estimate of drug-likeness (QED) is 0.609. The van der Waals surface area contributed by atoms with Crippen LogP contribution in [-0.2, 0) is 10.2 Å². The van der Waals surface area contributed by atoms with Gasteiger partial charge in [0.2, 0.25) is 5.95 Å². The van der Waals surface area contributed by atoms with Crippen molar-refractivity contribution in [1.29, 1.82) is 0 Å². The van der Waals surface area contributed by atoms with Crippen LogP contribution >= 0.6 is 0 Å². The van der Waals surface area contributed by atoms with Crippen molar-refractivity contribution in [2.75, 3.05) is 32.2 Å². The average Bonchev–Trinajstić information content (AvgIpc) is 2.84. The van der Waals surface area contributed by atoms with E-state index in [1.807, 2.05) is 24.3 Å². The average molecular weight is 418 g/mol. The number of aromatic nitrogens is 2. The van der Waals surface area contributed by atoms with Gasteiger partial charge in [0.15, 0.2) is 0 Å². The molecule has 2 heterocycles. The van der Waals surface area contributed by atoms with Crippen LogP contribution in [-0.4, -0.2) is 42.7 Å². The molecule has 0 radical (unpaired) electrons. The van der Waals surface area contributed by atoms with Crippen LogP contribution in [0.1, 0.15) is 28.8 Å². The second-order valence-corrected chi connectivity index (χ2v) is 7.58. The minimum Gasteiger partial charge on any atom is -0.497 e. The second kappa shape index (κ2) is 9.57. The fraction of sp³-hybridized carbons (Fsp3) is 0.292. The molecule has 1 aliphatic rings. The molecular formula is C24H26N4O3. The summed E-state index contributed by atoms with van der Waals surface area (Å²) < 4.78 is 10.9. The Morgan fingerprint density at radius 2 is 1.81 bits per heavy atom. The molecule has 1 amide bonds. The number of benzene rings is 2. The Kier molecular flexibility index (Phi) is 6.43. The molecule has 1 aliphatic heterocycles. The molecule has 7 nitrogen and oxygen atoms in total. The van der Waals surface area contributed by atoms with Gasteiger partial charge in [-0.15, -0.1) is 0 Å². The summed E-state index contributed by atoms with van der Waals surface area (Å²) in [5, 5.41) is 6.26. The van der Waals surface area contributed by atoms with Gasteiger partial charge in [-0.2, -0.15) is 0 Å². The van der Waals surface area contributed by atoms with Gasteiger partial charge in [0.1, 0.15) is 5.75 Å². The first-order chi connectivity index (χ1) is 15.2. The molecule has 0 saturated carbocycles. The molecule has 31 heavy (non-hydrogen) atoms. The lowest BCUT2D eigenvalue weighted by atomic mass is 9.74. The van der Waals surface area contributed by atoms with Crippen LogP contribution in [0.4, 0.5) is 11.6 Å². The molecule has 0 atom stereocenters. The molecule has 0 aliphatic carbocycles. The minimum absolute atomic E-state index is 0.114. The number of nitrogens with zero attached hydrogens (tertiary/aromatic N) is 2. The molecule has 0 bridgehead atoms. The van der Waals surface area contributed by atoms with E-state index >= 15 is 0 Å². The summed E-state index contributed by atoms with van der Waals surface area (Å²) in [7, 11) is 1.66. The second-order valence-electron chi connectivity index (χ2n) is 7.58. The Morgan fingerprint density at radius 1 is 1.06 bits per heavy atom. The van der Waals surface area contributed by atoms with E-state index in [-0.39, 0.29) is 11.3 Å². The third-order valence-corrected chi connectivity index (χ3v) is 5.69. The number of rotatable bonds is 7. The van der Waals surface area contributed by atoms with Crippen LogP contribution in [0.5, 0.6) is 5.75 Å². The first-order valence-corrected chi connectivity index (χ1v) is 10.3. The number of hydrogen-bond acceptors (Lipinski definition) is 6. The number of methoxy groups -OCH3 is 1. The highest BCUT2D eigenvalue weighted by atomic mass is 16.5. The van der Waals surface area contributed by atoms with Crippen LogP contribution in [0.2, 0.25) is 0 Å². The summed E-state index contributed by atoms with van der Waals surface area (Å²) in [6.07, 6.45) is 5.04. The predicted molar refractivity (Wildman–Crippen MR) is 119 cm³/mol. The lowest BCUT2D eigenvalue weighted by molar-refractivity contribution is 0.0487. The molecule has 0 spiro atoms. The molecule has 0 unspecified atom stereocenters. The van der Waals surface area contributed by atoms with Crippen molar-refractivity contribution in [2.45, 2.75) is 18.3 Å². The molecule has 1 fully saturated rings. The summed E-state index contributed by atoms with van der Waals surface area (Å²) in [6, 6.07) is 17.2. The standard InChI is InChI=1S/C24H26N4O3/c1-30-21-8-6-19(7-9-21)24(10-14-31-15-11-24)17-27-22(29)18-4-2-5-20(16-18)28-23-25-12-3-13-26-23/h2-9,12-13,16H,10-11,14-15,17H2,1H3,(H,27,29)(H,25,26,28). The van der Waals surface area contributed by atoms with Gasteiger partial charge in [0.25, 0.3) is 5.91 Å². The van der Waals surface area contributed by atoms with Crippen LogP contribution in [0.25, 0.3) is 0 Å². The third-order valence-electron chi connectivity index (χ3n) is 5.69. The van der Waals surface area contributed by atoms with E-state index in [0.29, 0.717) is 31.3 Å². The maximum Gasteiger partial charge on any atom is 0.251 e. The number of carbonyl (C=O) groups is 1. The van der Waals surface area contributed by atoms with Gasteiger partial charge in [-0.05, 0) is 54.8 Å². The van der Waals surface area contributed by atoms with E-state index in [2.05, 4.69) is 32.7 Å². The zero-order valence-corrected chi connectivity index (χ0v) is 17.5. The molecule has 7 heteroatoms. The third kappa shape index (κ3) is 5.00. The topological polar surface area (TPSA) is 85.4 Å². The van der Waals surface area contributed by atoms with Crippen LogP contribution < -0.4 is 15.4 Å². The predicted octanol–water partition coefficient (Wildman–Crippen LogP) is 3.71. The monoisotopic (exact) mass is 418 g/mol. The maximum absolute atomic E-state index is 12.9. The highest BCUT2D eigenvalue weighted by Crippen LogP contribution is 2.35. The zero-order chi connectivity index (χ0) is 21.5. The van der Waals surface area contributed by atoms with E-state index in [1.165, 1.54) is 5.56 Å². The van der Waals surface area contributed by atoms with Crippen LogP contribution in [0, 0.1) is 0 Å². The van der Waals surface area contributed by atoms with E-state index in [9.17, 15) is 4.79 Å². The molecule has 160 valence electrons. The van der Waals surface area contributed by atoms with Crippen molar-refractivity contribution >= 4 is 17.5 Å². The summed E-state index contributed by atoms with van der Waals surface area (Å²) >= 11 is 0. The Hall–Kier alpha value is -3.45. The molecule has 4 rings (SSSR count). The summed E-state index contributed by atoms with van der Waals surface area (Å²) in [5.41, 5.74) is 2.37. The minimum atomic E-state index is -0.159. The highest BCUT2D eigenvalue weighted by molar-refractivity contribution is 5.95. The molecular weight excluding hydrogens is 392 g/mol. The molecule has 2 N–H and O–H groups in total. The van der Waals surface area contributed by atoms with Gasteiger partial charge >= 0.3 is 0 Å². The first-order valence-electron chi connectivity index (χ1n) is 10.3. The van der Waals surface area contributed by atoms with Gasteiger partial charge < -0.3 is 20.1 Å². The summed E-state index contributed by atoms with van der Waals surface area (Å²) in [6.45, 7) is 1.90. The van der Waals surface area contributed by atoms with Crippen LogP contribution in [0.15, 0.2) is 67.0 Å². The van der Waals surface area contributed by atoms with Crippen molar-refractivity contribution in [1.82, 2.24) is 15.3 Å². The zero-order valence-electron chi connectivity index (χ0n) is 17.5. The normalized spacial score (nSPS) is 15.1. The van der Waals surface area contributed by atoms with Gasteiger partial charge in [-0.1, -0.05) is 18.2 Å². The van der Waals surface area contributed by atoms with E-state index in [0.717, 1.165) is 24.3 Å². The van der Waals surface area contributed by atoms with Gasteiger partial charge in [-0.3, -0.25) is 4.79 Å². The number of anilines is 2. The van der Waals surface area contributed by atoms with Crippen molar-refractivity contribution in [3.63, 3.8) is 0 Å². The van der Waals surface area contributed by atoms with Gasteiger partial charge in [0.05, 0.1) is 7.11 Å². The largest absolute Gasteiger partial charge is 0.497 e. The van der Waals surface area contributed by atoms with Crippen molar-refractivity contribution in [3.8, 4) is 5.75 Å². The smallest absolute Gasteiger partial charge is 0.251 e. The molecule has 1 aromatic heterocycles. The van der Waals surface area contributed by atoms with Gasteiger partial charge in [0, 0.05) is 48.8 Å². The number of hydrogen-bond donors (Lipinski definition) is 2. The van der Waals surface area contributed by atoms with Crippen molar-refractivity contribution < 1.29 is 14.3 Å². The summed E-state index contributed by atoms with van der Waals surface area (Å²) in [5.74, 6) is 1.19. The lowest BCUT2D eigenvalue weighted by Gasteiger charge is -2.38. The Balaban J connectivity index is 1.47. The van der Waals surface area contributed by atoms with Crippen molar-refractivity contribution in [2.24, 2.45) is 0 Å². The highest BCUT2D eigenvalue weighted by Gasteiger charge is 2.35. The number of carbonyl (C=O) groups excluding carboxylic acids is 1. The Labute approximate surface area is 181 Å². The lowest BCUT2D eigenvalue weighted by Crippen LogP contribution is -2.44. The number of amides is 1. The number of nitrogens with one attached hydrogen (secondary N) is 2. The van der Waals surface area contributed by atoms with E-state index in [1.54, 1.807) is 37.7 Å². The first kappa shape index (κ1) is 20.8. The molecule has 3 aromatic rings. The molecule has 1 saturated heterocycles. The SMILES string of the molecule is COc1ccc(C2(CNC(=O)c3cccc(Nc4ncccn4)c3)CCOCC2)cc1. The van der Waals surface area contributed by atoms with Gasteiger partial charge in [-0.25, -0.2) is 9.97 Å². The molecule has 2 aromatic carbocycles. The van der Waals surface area contributed by atoms with Crippen LogP contribution in [0.3, 0.4) is 0 Å². The fourth-order valence-corrected chi connectivity index (χ4v) is 3.86. The fourth-order valence-electron chi connectivity index (χ4n) is 3.86. The van der Waals surface area contributed by atoms with Crippen molar-refractivity contribution in [3.05, 3.63) is 78.1 Å². The van der Waals surface area contributed by atoms with E-state index < -0.39 is 0 Å². The Bertz CT molecular complexity index is 1000. The Morgan fingerprint density at radius 3 is 2.52 bits per heavy atom. The van der Waals surface area contributed by atoms with E-state index in [4.69, 9.17) is 9.47 Å². The number of ether oxygens (including phenoxy) is 2. The summed E-state index contributed by atoms with van der Waals surface area (Å²) in [4.78, 5) is 21.3. The maximum atomic E-state index is 12.9.